The fourth-order valence-electron chi connectivity index (χ4n) is 4.47. The highest BCUT2D eigenvalue weighted by Crippen LogP contribution is 2.23. The minimum atomic E-state index is -3.76. The van der Waals surface area contributed by atoms with Crippen molar-refractivity contribution < 1.29 is 26.8 Å². The summed E-state index contributed by atoms with van der Waals surface area (Å²) in [5.41, 5.74) is 0.418. The van der Waals surface area contributed by atoms with Crippen LogP contribution < -0.4 is 0 Å². The Balaban J connectivity index is 1.32. The fourth-order valence-corrected chi connectivity index (χ4v) is 5.94. The van der Waals surface area contributed by atoms with E-state index < -0.39 is 21.7 Å². The molecule has 4 rings (SSSR count). The molecule has 182 valence electrons. The standard InChI is InChI=1S/C24H27F2N3O4S/c25-20-4-2-18(3-5-20)23(30)28-14-10-19(11-15-28)24(31)27-12-1-13-29(17-16-27)34(32,33)22-8-6-21(26)7-9-22/h2-9,19H,1,10-17H2. The topological polar surface area (TPSA) is 78.0 Å². The molecule has 0 N–H and O–H groups in total. The van der Waals surface area contributed by atoms with Crippen molar-refractivity contribution in [2.75, 3.05) is 39.3 Å². The Morgan fingerprint density at radius 2 is 1.32 bits per heavy atom. The number of amides is 2. The van der Waals surface area contributed by atoms with Crippen LogP contribution in [0.5, 0.6) is 0 Å². The van der Waals surface area contributed by atoms with Gasteiger partial charge in [-0.1, -0.05) is 0 Å². The average molecular weight is 492 g/mol. The SMILES string of the molecule is O=C(c1ccc(F)cc1)N1CCC(C(=O)N2CCCN(S(=O)(=O)c3ccc(F)cc3)CC2)CC1. The largest absolute Gasteiger partial charge is 0.341 e. The van der Waals surface area contributed by atoms with Gasteiger partial charge in [-0.25, -0.2) is 17.2 Å². The fraction of sp³-hybridized carbons (Fsp3) is 0.417. The molecular weight excluding hydrogens is 464 g/mol. The molecule has 0 aliphatic carbocycles. The zero-order valence-electron chi connectivity index (χ0n) is 18.7. The van der Waals surface area contributed by atoms with Crippen LogP contribution in [0.2, 0.25) is 0 Å². The summed E-state index contributed by atoms with van der Waals surface area (Å²) in [6.45, 7) is 2.08. The second kappa shape index (κ2) is 10.2. The van der Waals surface area contributed by atoms with Gasteiger partial charge in [0.25, 0.3) is 5.91 Å². The number of nitrogens with zero attached hydrogens (tertiary/aromatic N) is 3. The van der Waals surface area contributed by atoms with E-state index >= 15 is 0 Å². The van der Waals surface area contributed by atoms with Crippen LogP contribution in [0.15, 0.2) is 53.4 Å². The minimum Gasteiger partial charge on any atom is -0.341 e. The van der Waals surface area contributed by atoms with Crippen LogP contribution in [0.4, 0.5) is 8.78 Å². The summed E-state index contributed by atoms with van der Waals surface area (Å²) in [7, 11) is -3.76. The maximum absolute atomic E-state index is 13.2. The lowest BCUT2D eigenvalue weighted by Gasteiger charge is -2.34. The van der Waals surface area contributed by atoms with Gasteiger partial charge in [-0.15, -0.1) is 0 Å². The van der Waals surface area contributed by atoms with E-state index in [1.54, 1.807) is 9.80 Å². The van der Waals surface area contributed by atoms with Gasteiger partial charge in [0.15, 0.2) is 0 Å². The summed E-state index contributed by atoms with van der Waals surface area (Å²) < 4.78 is 53.5. The first-order valence-corrected chi connectivity index (χ1v) is 12.8. The van der Waals surface area contributed by atoms with Crippen LogP contribution in [0, 0.1) is 17.6 Å². The van der Waals surface area contributed by atoms with Gasteiger partial charge in [0, 0.05) is 50.7 Å². The first kappa shape index (κ1) is 24.3. The summed E-state index contributed by atoms with van der Waals surface area (Å²) in [6.07, 6.45) is 1.56. The number of halogens is 2. The Bertz CT molecular complexity index is 1130. The van der Waals surface area contributed by atoms with Gasteiger partial charge in [0.05, 0.1) is 4.90 Å². The van der Waals surface area contributed by atoms with Crippen molar-refractivity contribution in [3.05, 3.63) is 65.7 Å². The van der Waals surface area contributed by atoms with Crippen molar-refractivity contribution in [1.29, 1.82) is 0 Å². The highest BCUT2D eigenvalue weighted by Gasteiger charge is 2.33. The molecule has 0 atom stereocenters. The van der Waals surface area contributed by atoms with Crippen molar-refractivity contribution in [1.82, 2.24) is 14.1 Å². The average Bonchev–Trinajstić information content (AvgIpc) is 3.11. The lowest BCUT2D eigenvalue weighted by Crippen LogP contribution is -2.45. The number of benzene rings is 2. The van der Waals surface area contributed by atoms with Crippen LogP contribution in [-0.2, 0) is 14.8 Å². The van der Waals surface area contributed by atoms with Crippen LogP contribution in [0.1, 0.15) is 29.6 Å². The van der Waals surface area contributed by atoms with Crippen LogP contribution in [0.25, 0.3) is 0 Å². The Kier molecular flexibility index (Phi) is 7.27. The third-order valence-corrected chi connectivity index (χ3v) is 8.35. The van der Waals surface area contributed by atoms with Gasteiger partial charge < -0.3 is 9.80 Å². The van der Waals surface area contributed by atoms with Crippen molar-refractivity contribution >= 4 is 21.8 Å². The number of carbonyl (C=O) groups is 2. The maximum atomic E-state index is 13.2. The second-order valence-electron chi connectivity index (χ2n) is 8.61. The van der Waals surface area contributed by atoms with Crippen molar-refractivity contribution in [3.8, 4) is 0 Å². The van der Waals surface area contributed by atoms with Crippen LogP contribution in [-0.4, -0.2) is 73.6 Å². The molecule has 0 saturated carbocycles. The molecule has 0 radical (unpaired) electrons. The summed E-state index contributed by atoms with van der Waals surface area (Å²) in [5.74, 6) is -1.32. The molecule has 2 aromatic rings. The van der Waals surface area contributed by atoms with Crippen LogP contribution in [0.3, 0.4) is 0 Å². The van der Waals surface area contributed by atoms with Crippen LogP contribution >= 0.6 is 0 Å². The Morgan fingerprint density at radius 3 is 1.94 bits per heavy atom. The molecule has 2 amide bonds. The second-order valence-corrected chi connectivity index (χ2v) is 10.5. The van der Waals surface area contributed by atoms with Gasteiger partial charge >= 0.3 is 0 Å². The smallest absolute Gasteiger partial charge is 0.253 e. The molecule has 2 saturated heterocycles. The maximum Gasteiger partial charge on any atom is 0.253 e. The van der Waals surface area contributed by atoms with Gasteiger partial charge in [0.1, 0.15) is 11.6 Å². The molecule has 2 aliphatic rings. The summed E-state index contributed by atoms with van der Waals surface area (Å²) in [4.78, 5) is 29.2. The molecule has 0 spiro atoms. The number of sulfonamides is 1. The molecule has 2 aliphatic heterocycles. The molecule has 7 nitrogen and oxygen atoms in total. The van der Waals surface area contributed by atoms with Gasteiger partial charge in [-0.2, -0.15) is 4.31 Å². The highest BCUT2D eigenvalue weighted by molar-refractivity contribution is 7.89. The first-order valence-electron chi connectivity index (χ1n) is 11.3. The molecule has 34 heavy (non-hydrogen) atoms. The van der Waals surface area contributed by atoms with Gasteiger partial charge in [-0.05, 0) is 67.8 Å². The lowest BCUT2D eigenvalue weighted by molar-refractivity contribution is -0.136. The number of likely N-dealkylation sites (tertiary alicyclic amines) is 1. The molecule has 0 unspecified atom stereocenters. The molecule has 2 aromatic carbocycles. The van der Waals surface area contributed by atoms with E-state index in [1.807, 2.05) is 0 Å². The number of piperidine rings is 1. The Hall–Kier alpha value is -2.85. The number of carbonyl (C=O) groups excluding carboxylic acids is 2. The summed E-state index contributed by atoms with van der Waals surface area (Å²) in [5, 5.41) is 0. The summed E-state index contributed by atoms with van der Waals surface area (Å²) >= 11 is 0. The third kappa shape index (κ3) is 5.28. The summed E-state index contributed by atoms with van der Waals surface area (Å²) in [6, 6.07) is 10.2. The zero-order chi connectivity index (χ0) is 24.3. The molecular formula is C24H27F2N3O4S. The minimum absolute atomic E-state index is 0.0186. The van der Waals surface area contributed by atoms with E-state index in [-0.39, 0.29) is 42.3 Å². The highest BCUT2D eigenvalue weighted by atomic mass is 32.2. The lowest BCUT2D eigenvalue weighted by atomic mass is 9.94. The molecule has 10 heteroatoms. The molecule has 2 fully saturated rings. The first-order chi connectivity index (χ1) is 16.3. The number of rotatable bonds is 4. The van der Waals surface area contributed by atoms with Gasteiger partial charge in [-0.3, -0.25) is 9.59 Å². The van der Waals surface area contributed by atoms with Crippen molar-refractivity contribution in [2.45, 2.75) is 24.2 Å². The monoisotopic (exact) mass is 491 g/mol. The normalized spacial score (nSPS) is 18.5. The molecule has 0 aromatic heterocycles. The molecule has 2 heterocycles. The predicted octanol–water partition coefficient (Wildman–Crippen LogP) is 2.74. The van der Waals surface area contributed by atoms with Crippen molar-refractivity contribution in [3.63, 3.8) is 0 Å². The third-order valence-electron chi connectivity index (χ3n) is 6.44. The van der Waals surface area contributed by atoms with E-state index in [1.165, 1.54) is 40.7 Å². The number of hydrogen-bond donors (Lipinski definition) is 0. The van der Waals surface area contributed by atoms with E-state index in [9.17, 15) is 26.8 Å². The predicted molar refractivity (Wildman–Crippen MR) is 121 cm³/mol. The molecule has 0 bridgehead atoms. The van der Waals surface area contributed by atoms with E-state index in [0.717, 1.165) is 12.1 Å². The van der Waals surface area contributed by atoms with Crippen molar-refractivity contribution in [2.24, 2.45) is 5.92 Å². The Labute approximate surface area is 198 Å². The van der Waals surface area contributed by atoms with Gasteiger partial charge in [0.2, 0.25) is 15.9 Å². The zero-order valence-corrected chi connectivity index (χ0v) is 19.5. The number of hydrogen-bond acceptors (Lipinski definition) is 4. The quantitative estimate of drug-likeness (QED) is 0.659. The van der Waals surface area contributed by atoms with E-state index in [4.69, 9.17) is 0 Å². The Morgan fingerprint density at radius 1 is 0.735 bits per heavy atom. The van der Waals surface area contributed by atoms with E-state index in [0.29, 0.717) is 44.5 Å². The van der Waals surface area contributed by atoms with E-state index in [2.05, 4.69) is 0 Å².